The Morgan fingerprint density at radius 3 is 1.00 bits per heavy atom. The molecule has 0 unspecified atom stereocenters. The second-order valence-electron chi connectivity index (χ2n) is 0.238. The summed E-state index contributed by atoms with van der Waals surface area (Å²) < 4.78 is 24.2. The molecule has 0 aliphatic carbocycles. The molecule has 1 N–H and O–H groups in total. The third-order valence-electron chi connectivity index (χ3n) is 0. The highest BCUT2D eigenvalue weighted by atomic mass is 35.5. The zero-order chi connectivity index (χ0) is 3.58. The SMILES string of the molecule is B.Cl.F.F.F.O=[SH](=O)O. The lowest BCUT2D eigenvalue weighted by molar-refractivity contribution is 0.509. The van der Waals surface area contributed by atoms with Crippen LogP contribution >= 0.6 is 12.4 Å². The molecule has 0 saturated carbocycles. The van der Waals surface area contributed by atoms with Gasteiger partial charge in [0.25, 0.3) is 11.0 Å². The van der Waals surface area contributed by atoms with Gasteiger partial charge in [0.2, 0.25) is 0 Å². The van der Waals surface area contributed by atoms with E-state index < -0.39 is 11.0 Å². The highest BCUT2D eigenvalue weighted by Crippen LogP contribution is 1.27. The van der Waals surface area contributed by atoms with Gasteiger partial charge in [-0.2, -0.15) is 0 Å². The standard InChI is InChI=1S/BH3.ClH.3FH.H2O3S/c;;;;;1-4(2)3/h1H3;4*1H;4H,(H,1,2,3). The van der Waals surface area contributed by atoms with E-state index >= 15 is 0 Å². The maximum absolute atomic E-state index is 8.59. The van der Waals surface area contributed by atoms with E-state index in [1.807, 2.05) is 0 Å². The van der Waals surface area contributed by atoms with Gasteiger partial charge in [0.15, 0.2) is 0 Å². The van der Waals surface area contributed by atoms with Crippen molar-refractivity contribution >= 4 is 31.8 Å². The third-order valence-corrected chi connectivity index (χ3v) is 0. The first kappa shape index (κ1) is 63.0. The molecule has 0 rings (SSSR count). The van der Waals surface area contributed by atoms with Gasteiger partial charge in [0.05, 0.1) is 8.41 Å². The van der Waals surface area contributed by atoms with E-state index in [2.05, 4.69) is 0 Å². The fourth-order valence-corrected chi connectivity index (χ4v) is 0. The van der Waals surface area contributed by atoms with Crippen molar-refractivity contribution in [2.24, 2.45) is 0 Å². The van der Waals surface area contributed by atoms with Crippen LogP contribution in [-0.2, 0) is 11.0 Å². The molecule has 9 heteroatoms. The Kier molecular flexibility index (Phi) is 300. The molecule has 3 nitrogen and oxygen atoms in total. The number of halogens is 4. The van der Waals surface area contributed by atoms with Gasteiger partial charge in [-0.3, -0.25) is 18.7 Å². The summed E-state index contributed by atoms with van der Waals surface area (Å²) in [5, 5.41) is 0. The maximum Gasteiger partial charge on any atom is 0.254 e. The van der Waals surface area contributed by atoms with E-state index in [4.69, 9.17) is 13.0 Å². The average Bonchev–Trinajstić information content (AvgIpc) is 0.811. The van der Waals surface area contributed by atoms with Gasteiger partial charge >= 0.3 is 0 Å². The first-order valence-corrected chi connectivity index (χ1v) is 1.70. The van der Waals surface area contributed by atoms with Gasteiger partial charge in [-0.1, -0.05) is 0 Å². The molecule has 0 radical (unpaired) electrons. The Balaban J connectivity index is -0.00000000450. The second kappa shape index (κ2) is 43.0. The summed E-state index contributed by atoms with van der Waals surface area (Å²) in [5.74, 6) is 0. The van der Waals surface area contributed by atoms with Crippen LogP contribution in [0, 0.1) is 0 Å². The zero-order valence-corrected chi connectivity index (χ0v) is 5.05. The molecule has 64 valence electrons. The molecule has 0 bridgehead atoms. The van der Waals surface area contributed by atoms with Gasteiger partial charge in [-0.15, -0.1) is 12.4 Å². The molecule has 0 aromatic rings. The van der Waals surface area contributed by atoms with E-state index in [0.29, 0.717) is 0 Å². The Morgan fingerprint density at radius 2 is 1.00 bits per heavy atom. The van der Waals surface area contributed by atoms with Crippen LogP contribution in [0.15, 0.2) is 0 Å². The van der Waals surface area contributed by atoms with Gasteiger partial charge < -0.3 is 0 Å². The number of thiol groups is 1. The highest BCUT2D eigenvalue weighted by molar-refractivity contribution is 7.66. The third kappa shape index (κ3) is 97900. The Bertz CT molecular complexity index is 67.5. The molecule has 0 aliphatic rings. The summed E-state index contributed by atoms with van der Waals surface area (Å²) >= 11 is 0. The van der Waals surface area contributed by atoms with Crippen molar-refractivity contribution in [3.8, 4) is 0 Å². The van der Waals surface area contributed by atoms with Crippen molar-refractivity contribution in [2.45, 2.75) is 0 Å². The molecule has 0 aromatic heterocycles. The summed E-state index contributed by atoms with van der Waals surface area (Å²) in [6.07, 6.45) is 0. The van der Waals surface area contributed by atoms with Crippen molar-refractivity contribution in [3.05, 3.63) is 0 Å². The van der Waals surface area contributed by atoms with Crippen LogP contribution in [0.1, 0.15) is 0 Å². The molecule has 0 atom stereocenters. The summed E-state index contributed by atoms with van der Waals surface area (Å²) in [5.41, 5.74) is 0. The van der Waals surface area contributed by atoms with E-state index in [1.165, 1.54) is 0 Å². The highest BCUT2D eigenvalue weighted by Gasteiger charge is 1.44. The first-order valence-electron chi connectivity index (χ1n) is 0.565. The lowest BCUT2D eigenvalue weighted by Gasteiger charge is -1.43. The van der Waals surface area contributed by atoms with Crippen molar-refractivity contribution in [2.75, 3.05) is 0 Å². The van der Waals surface area contributed by atoms with Crippen LogP contribution in [0.5, 0.6) is 0 Å². The molecule has 0 saturated heterocycles. The minimum absolute atomic E-state index is 0. The molecule has 0 fully saturated rings. The first-order chi connectivity index (χ1) is 1.73. The lowest BCUT2D eigenvalue weighted by Crippen LogP contribution is -1.58. The Hall–Kier alpha value is 0.0549. The summed E-state index contributed by atoms with van der Waals surface area (Å²) in [4.78, 5) is 0. The summed E-state index contributed by atoms with van der Waals surface area (Å²) in [6, 6.07) is 0. The number of hydrogen-bond donors (Lipinski definition) is 2. The quantitative estimate of drug-likeness (QED) is 0.287. The van der Waals surface area contributed by atoms with Crippen molar-refractivity contribution < 1.29 is 27.1 Å². The summed E-state index contributed by atoms with van der Waals surface area (Å²) in [6.45, 7) is 0. The molecule has 0 aliphatic heterocycles. The average molecular weight is 192 g/mol. The van der Waals surface area contributed by atoms with Crippen molar-refractivity contribution in [1.29, 1.82) is 0 Å². The predicted octanol–water partition coefficient (Wildman–Crippen LogP) is -1.23. The van der Waals surface area contributed by atoms with Crippen LogP contribution < -0.4 is 0 Å². The molecule has 0 heterocycles. The fraction of sp³-hybridized carbons (Fsp3) is 0. The molecular formula is H9BClF3O3S. The largest absolute Gasteiger partial charge is 0.288 e. The van der Waals surface area contributed by atoms with Crippen LogP contribution in [0.4, 0.5) is 14.1 Å². The van der Waals surface area contributed by atoms with Gasteiger partial charge in [0, 0.05) is 0 Å². The van der Waals surface area contributed by atoms with Gasteiger partial charge in [-0.05, 0) is 0 Å². The van der Waals surface area contributed by atoms with Gasteiger partial charge in [-0.25, -0.2) is 8.42 Å². The Morgan fingerprint density at radius 1 is 1.00 bits per heavy atom. The van der Waals surface area contributed by atoms with E-state index in [1.54, 1.807) is 0 Å². The lowest BCUT2D eigenvalue weighted by atomic mass is 10.8. The second-order valence-corrected chi connectivity index (χ2v) is 0.714. The zero-order valence-electron chi connectivity index (χ0n) is 3.34. The summed E-state index contributed by atoms with van der Waals surface area (Å²) in [7, 11) is -3.12. The number of rotatable bonds is 0. The Labute approximate surface area is 59.7 Å². The smallest absolute Gasteiger partial charge is 0.254 e. The fourth-order valence-electron chi connectivity index (χ4n) is 0. The van der Waals surface area contributed by atoms with Gasteiger partial charge in [0.1, 0.15) is 0 Å². The monoisotopic (exact) mass is 192 g/mol. The molecule has 0 amide bonds. The predicted molar refractivity (Wildman–Crippen MR) is 37.6 cm³/mol. The molecular weight excluding hydrogens is 183 g/mol. The van der Waals surface area contributed by atoms with E-state index in [-0.39, 0.29) is 34.9 Å². The normalized spacial score (nSPS) is 3.78. The van der Waals surface area contributed by atoms with Crippen LogP contribution in [0.3, 0.4) is 0 Å². The topological polar surface area (TPSA) is 54.4 Å². The van der Waals surface area contributed by atoms with E-state index in [0.717, 1.165) is 0 Å². The van der Waals surface area contributed by atoms with Crippen LogP contribution in [-0.4, -0.2) is 21.4 Å². The van der Waals surface area contributed by atoms with E-state index in [9.17, 15) is 0 Å². The van der Waals surface area contributed by atoms with Crippen LogP contribution in [0.2, 0.25) is 0 Å². The molecule has 0 spiro atoms. The van der Waals surface area contributed by atoms with Crippen molar-refractivity contribution in [1.82, 2.24) is 0 Å². The minimum Gasteiger partial charge on any atom is -0.288 e. The van der Waals surface area contributed by atoms with Crippen LogP contribution in [0.25, 0.3) is 0 Å². The number of hydrogen-bond acceptors (Lipinski definition) is 2. The molecule has 9 heavy (non-hydrogen) atoms. The molecule has 0 aromatic carbocycles. The minimum atomic E-state index is -3.12. The maximum atomic E-state index is 8.59. The van der Waals surface area contributed by atoms with Crippen molar-refractivity contribution in [3.63, 3.8) is 0 Å².